The first-order valence-corrected chi connectivity index (χ1v) is 11.9. The number of para-hydroxylation sites is 1. The van der Waals surface area contributed by atoms with Crippen molar-refractivity contribution in [2.45, 2.75) is 23.6 Å². The number of fused-ring (bicyclic) bond motifs is 1. The Balaban J connectivity index is 1.44. The Hall–Kier alpha value is -2.88. The van der Waals surface area contributed by atoms with Crippen LogP contribution in [0.5, 0.6) is 5.75 Å². The van der Waals surface area contributed by atoms with Gasteiger partial charge in [0.25, 0.3) is 5.91 Å². The van der Waals surface area contributed by atoms with Crippen molar-refractivity contribution >= 4 is 40.0 Å². The van der Waals surface area contributed by atoms with E-state index in [2.05, 4.69) is 15.5 Å². The summed E-state index contributed by atoms with van der Waals surface area (Å²) in [5.74, 6) is 1.42. The van der Waals surface area contributed by atoms with Gasteiger partial charge in [0.2, 0.25) is 0 Å². The van der Waals surface area contributed by atoms with E-state index in [1.807, 2.05) is 55.5 Å². The van der Waals surface area contributed by atoms with Crippen LogP contribution in [0.15, 0.2) is 57.3 Å². The molecule has 1 amide bonds. The second-order valence-corrected chi connectivity index (χ2v) is 9.35. The van der Waals surface area contributed by atoms with E-state index in [0.29, 0.717) is 36.9 Å². The van der Waals surface area contributed by atoms with Crippen molar-refractivity contribution in [3.8, 4) is 5.75 Å². The number of amides is 1. The zero-order chi connectivity index (χ0) is 22.3. The third-order valence-corrected chi connectivity index (χ3v) is 6.68. The van der Waals surface area contributed by atoms with Gasteiger partial charge in [-0.15, -0.1) is 10.2 Å². The summed E-state index contributed by atoms with van der Waals surface area (Å²) in [5, 5.41) is 13.0. The Morgan fingerprint density at radius 3 is 2.69 bits per heavy atom. The fraction of sp³-hybridized carbons (Fsp3) is 0.261. The summed E-state index contributed by atoms with van der Waals surface area (Å²) in [6.45, 7) is 3.34. The van der Waals surface area contributed by atoms with Gasteiger partial charge in [0.1, 0.15) is 22.9 Å². The number of thioether (sulfide) groups is 1. The lowest BCUT2D eigenvalue weighted by Crippen LogP contribution is -2.23. The number of nitrogens with zero attached hydrogens (tertiary/aromatic N) is 2. The van der Waals surface area contributed by atoms with Gasteiger partial charge in [-0.25, -0.2) is 0 Å². The monoisotopic (exact) mass is 469 g/mol. The quantitative estimate of drug-likeness (QED) is 0.263. The number of hydrogen-bond donors (Lipinski definition) is 1. The maximum atomic E-state index is 13.0. The summed E-state index contributed by atoms with van der Waals surface area (Å²) in [6.07, 6.45) is 0. The van der Waals surface area contributed by atoms with Crippen molar-refractivity contribution in [3.63, 3.8) is 0 Å². The van der Waals surface area contributed by atoms with Crippen LogP contribution < -0.4 is 10.1 Å². The van der Waals surface area contributed by atoms with E-state index < -0.39 is 0 Å². The summed E-state index contributed by atoms with van der Waals surface area (Å²) in [4.78, 5) is 13.0. The Morgan fingerprint density at radius 2 is 1.94 bits per heavy atom. The van der Waals surface area contributed by atoms with Crippen molar-refractivity contribution in [2.75, 3.05) is 20.3 Å². The molecule has 2 heterocycles. The Morgan fingerprint density at radius 1 is 1.12 bits per heavy atom. The first kappa shape index (κ1) is 22.3. The van der Waals surface area contributed by atoms with Crippen LogP contribution in [0.3, 0.4) is 0 Å². The topological polar surface area (TPSA) is 86.5 Å². The molecule has 0 fully saturated rings. The van der Waals surface area contributed by atoms with Crippen molar-refractivity contribution < 1.29 is 18.7 Å². The molecule has 0 aliphatic carbocycles. The zero-order valence-electron chi connectivity index (χ0n) is 17.8. The van der Waals surface area contributed by atoms with Crippen LogP contribution in [-0.4, -0.2) is 36.4 Å². The molecule has 1 N–H and O–H groups in total. The summed E-state index contributed by atoms with van der Waals surface area (Å²) in [5.41, 5.74) is 2.52. The largest absolute Gasteiger partial charge is 0.491 e. The number of methoxy groups -OCH3 is 1. The average Bonchev–Trinajstić information content (AvgIpc) is 3.40. The minimum Gasteiger partial charge on any atom is -0.491 e. The van der Waals surface area contributed by atoms with Gasteiger partial charge < -0.3 is 19.2 Å². The molecule has 9 heteroatoms. The molecule has 0 unspecified atom stereocenters. The van der Waals surface area contributed by atoms with E-state index in [-0.39, 0.29) is 5.91 Å². The standard InChI is InChI=1S/C23H23N3O4S2/c1-15-25-26-23(32-15)31-14-19-18-5-3-4-6-20(18)30-21(19)22(27)24-13-16-7-9-17(10-8-16)29-12-11-28-2/h3-10H,11-14H2,1-2H3,(H,24,27). The van der Waals surface area contributed by atoms with Gasteiger partial charge in [0, 0.05) is 30.4 Å². The summed E-state index contributed by atoms with van der Waals surface area (Å²) in [6, 6.07) is 15.3. The van der Waals surface area contributed by atoms with Crippen molar-refractivity contribution in [1.29, 1.82) is 0 Å². The number of carbonyl (C=O) groups excluding carboxylic acids is 1. The Kier molecular flexibility index (Phi) is 7.41. The number of aryl methyl sites for hydroxylation is 1. The minimum atomic E-state index is -0.245. The molecule has 0 atom stereocenters. The van der Waals surface area contributed by atoms with E-state index in [1.54, 1.807) is 18.9 Å². The lowest BCUT2D eigenvalue weighted by atomic mass is 10.1. The van der Waals surface area contributed by atoms with Crippen molar-refractivity contribution in [1.82, 2.24) is 15.5 Å². The van der Waals surface area contributed by atoms with Gasteiger partial charge >= 0.3 is 0 Å². The molecule has 0 aliphatic rings. The van der Waals surface area contributed by atoms with Crippen LogP contribution in [0.4, 0.5) is 0 Å². The molecule has 7 nitrogen and oxygen atoms in total. The fourth-order valence-corrected chi connectivity index (χ4v) is 4.95. The number of furan rings is 1. The van der Waals surface area contributed by atoms with E-state index in [0.717, 1.165) is 31.6 Å². The number of benzene rings is 2. The molecular weight excluding hydrogens is 446 g/mol. The number of carbonyl (C=O) groups is 1. The van der Waals surface area contributed by atoms with Crippen LogP contribution in [0.25, 0.3) is 11.0 Å². The highest BCUT2D eigenvalue weighted by Gasteiger charge is 2.21. The first-order valence-electron chi connectivity index (χ1n) is 10.1. The molecule has 4 aromatic rings. The molecule has 0 saturated carbocycles. The Labute approximate surface area is 194 Å². The highest BCUT2D eigenvalue weighted by molar-refractivity contribution is 8.00. The average molecular weight is 470 g/mol. The molecule has 0 aliphatic heterocycles. The first-order chi connectivity index (χ1) is 15.6. The van der Waals surface area contributed by atoms with Gasteiger partial charge in [-0.05, 0) is 30.7 Å². The van der Waals surface area contributed by atoms with Gasteiger partial charge in [-0.1, -0.05) is 53.4 Å². The lowest BCUT2D eigenvalue weighted by Gasteiger charge is -2.08. The van der Waals surface area contributed by atoms with E-state index >= 15 is 0 Å². The minimum absolute atomic E-state index is 0.245. The van der Waals surface area contributed by atoms with Crippen LogP contribution in [0.2, 0.25) is 0 Å². The molecular formula is C23H23N3O4S2. The molecule has 0 saturated heterocycles. The van der Waals surface area contributed by atoms with Crippen LogP contribution in [-0.2, 0) is 17.0 Å². The van der Waals surface area contributed by atoms with Crippen molar-refractivity contribution in [3.05, 3.63) is 70.4 Å². The smallest absolute Gasteiger partial charge is 0.287 e. The molecule has 0 bridgehead atoms. The van der Waals surface area contributed by atoms with E-state index in [9.17, 15) is 4.79 Å². The van der Waals surface area contributed by atoms with Crippen molar-refractivity contribution in [2.24, 2.45) is 0 Å². The second-order valence-electron chi connectivity index (χ2n) is 6.95. The maximum Gasteiger partial charge on any atom is 0.287 e. The predicted octanol–water partition coefficient (Wildman–Crippen LogP) is 4.84. The number of ether oxygens (including phenoxy) is 2. The van der Waals surface area contributed by atoms with Gasteiger partial charge in [0.05, 0.1) is 6.61 Å². The number of rotatable bonds is 10. The maximum absolute atomic E-state index is 13.0. The molecule has 2 aromatic heterocycles. The van der Waals surface area contributed by atoms with Gasteiger partial charge in [-0.3, -0.25) is 4.79 Å². The van der Waals surface area contributed by atoms with Crippen LogP contribution in [0.1, 0.15) is 26.7 Å². The predicted molar refractivity (Wildman–Crippen MR) is 125 cm³/mol. The SMILES string of the molecule is COCCOc1ccc(CNC(=O)c2oc3ccccc3c2CSc2nnc(C)s2)cc1. The third kappa shape index (κ3) is 5.48. The normalized spacial score (nSPS) is 11.1. The molecule has 32 heavy (non-hydrogen) atoms. The second kappa shape index (κ2) is 10.6. The number of nitrogens with one attached hydrogen (secondary N) is 1. The van der Waals surface area contributed by atoms with Crippen LogP contribution >= 0.6 is 23.1 Å². The number of aromatic nitrogens is 2. The zero-order valence-corrected chi connectivity index (χ0v) is 19.4. The summed E-state index contributed by atoms with van der Waals surface area (Å²) < 4.78 is 17.3. The van der Waals surface area contributed by atoms with Crippen LogP contribution in [0, 0.1) is 6.92 Å². The Bertz CT molecular complexity index is 1190. The summed E-state index contributed by atoms with van der Waals surface area (Å²) in [7, 11) is 1.64. The molecule has 2 aromatic carbocycles. The van der Waals surface area contributed by atoms with Gasteiger partial charge in [-0.2, -0.15) is 0 Å². The van der Waals surface area contributed by atoms with Gasteiger partial charge in [0.15, 0.2) is 10.1 Å². The molecule has 0 spiro atoms. The number of hydrogen-bond acceptors (Lipinski definition) is 8. The molecule has 4 rings (SSSR count). The highest BCUT2D eigenvalue weighted by atomic mass is 32.2. The highest BCUT2D eigenvalue weighted by Crippen LogP contribution is 2.33. The lowest BCUT2D eigenvalue weighted by molar-refractivity contribution is 0.0924. The molecule has 166 valence electrons. The fourth-order valence-electron chi connectivity index (χ4n) is 3.11. The third-order valence-electron chi connectivity index (χ3n) is 4.68. The molecule has 0 radical (unpaired) electrons. The summed E-state index contributed by atoms with van der Waals surface area (Å²) >= 11 is 3.09. The van der Waals surface area contributed by atoms with E-state index in [1.165, 1.54) is 11.3 Å². The van der Waals surface area contributed by atoms with E-state index in [4.69, 9.17) is 13.9 Å².